The van der Waals surface area contributed by atoms with Gasteiger partial charge in [-0.25, -0.2) is 4.39 Å². The van der Waals surface area contributed by atoms with Crippen LogP contribution in [0.2, 0.25) is 0 Å². The first kappa shape index (κ1) is 17.7. The Balaban J connectivity index is 1.72. The van der Waals surface area contributed by atoms with E-state index in [0.717, 1.165) is 30.2 Å². The van der Waals surface area contributed by atoms with Gasteiger partial charge in [0.1, 0.15) is 18.2 Å². The number of pyridine rings is 1. The number of aromatic nitrogens is 1. The first-order valence-corrected chi connectivity index (χ1v) is 8.07. The van der Waals surface area contributed by atoms with Crippen molar-refractivity contribution >= 4 is 5.96 Å². The predicted molar refractivity (Wildman–Crippen MR) is 93.8 cm³/mol. The zero-order chi connectivity index (χ0) is 17.0. The highest BCUT2D eigenvalue weighted by Gasteiger charge is 1.98. The van der Waals surface area contributed by atoms with Gasteiger partial charge < -0.3 is 15.4 Å². The Morgan fingerprint density at radius 3 is 2.75 bits per heavy atom. The molecule has 1 aromatic heterocycles. The predicted octanol–water partition coefficient (Wildman–Crippen LogP) is 2.40. The number of guanidine groups is 1. The SMILES string of the molecule is CCNC(=NCCc1ccc(F)cc1)NCCOc1cccnc1. The fourth-order valence-corrected chi connectivity index (χ4v) is 2.06. The van der Waals surface area contributed by atoms with Gasteiger partial charge in [0.2, 0.25) is 0 Å². The van der Waals surface area contributed by atoms with Crippen LogP contribution in [-0.2, 0) is 6.42 Å². The molecule has 128 valence electrons. The first-order valence-electron chi connectivity index (χ1n) is 8.07. The quantitative estimate of drug-likeness (QED) is 0.443. The molecule has 5 nitrogen and oxygen atoms in total. The minimum absolute atomic E-state index is 0.217. The molecule has 0 saturated carbocycles. The monoisotopic (exact) mass is 330 g/mol. The van der Waals surface area contributed by atoms with Gasteiger partial charge in [0, 0.05) is 19.3 Å². The third kappa shape index (κ3) is 6.64. The van der Waals surface area contributed by atoms with Crippen LogP contribution in [0.1, 0.15) is 12.5 Å². The van der Waals surface area contributed by atoms with Gasteiger partial charge in [-0.05, 0) is 43.2 Å². The molecule has 2 N–H and O–H groups in total. The molecule has 0 saturated heterocycles. The molecule has 2 rings (SSSR count). The van der Waals surface area contributed by atoms with Gasteiger partial charge in [-0.2, -0.15) is 0 Å². The fourth-order valence-electron chi connectivity index (χ4n) is 2.06. The smallest absolute Gasteiger partial charge is 0.191 e. The molecule has 0 radical (unpaired) electrons. The number of ether oxygens (including phenoxy) is 1. The molecule has 6 heteroatoms. The van der Waals surface area contributed by atoms with Crippen molar-refractivity contribution in [2.75, 3.05) is 26.2 Å². The maximum atomic E-state index is 12.9. The normalized spacial score (nSPS) is 11.2. The molecule has 0 spiro atoms. The van der Waals surface area contributed by atoms with Crippen molar-refractivity contribution in [1.29, 1.82) is 0 Å². The average molecular weight is 330 g/mol. The summed E-state index contributed by atoms with van der Waals surface area (Å²) in [6, 6.07) is 10.2. The molecule has 1 aromatic carbocycles. The number of halogens is 1. The van der Waals surface area contributed by atoms with Crippen molar-refractivity contribution in [2.24, 2.45) is 4.99 Å². The van der Waals surface area contributed by atoms with Gasteiger partial charge in [0.15, 0.2) is 5.96 Å². The zero-order valence-corrected chi connectivity index (χ0v) is 13.8. The number of nitrogens with zero attached hydrogens (tertiary/aromatic N) is 2. The van der Waals surface area contributed by atoms with Gasteiger partial charge in [-0.1, -0.05) is 12.1 Å². The Morgan fingerprint density at radius 1 is 1.21 bits per heavy atom. The Hall–Kier alpha value is -2.63. The molecule has 0 unspecified atom stereocenters. The summed E-state index contributed by atoms with van der Waals surface area (Å²) in [7, 11) is 0. The molecule has 1 heterocycles. The second-order valence-corrected chi connectivity index (χ2v) is 5.10. The molecule has 0 aliphatic rings. The van der Waals surface area contributed by atoms with Gasteiger partial charge in [-0.15, -0.1) is 0 Å². The number of rotatable bonds is 8. The van der Waals surface area contributed by atoms with E-state index in [1.165, 1.54) is 12.1 Å². The molecular formula is C18H23FN4O. The van der Waals surface area contributed by atoms with Crippen LogP contribution in [0, 0.1) is 5.82 Å². The van der Waals surface area contributed by atoms with Gasteiger partial charge >= 0.3 is 0 Å². The lowest BCUT2D eigenvalue weighted by atomic mass is 10.1. The van der Waals surface area contributed by atoms with Crippen molar-refractivity contribution in [2.45, 2.75) is 13.3 Å². The summed E-state index contributed by atoms with van der Waals surface area (Å²) >= 11 is 0. The van der Waals surface area contributed by atoms with Crippen molar-refractivity contribution < 1.29 is 9.13 Å². The van der Waals surface area contributed by atoms with E-state index >= 15 is 0 Å². The Bertz CT molecular complexity index is 617. The largest absolute Gasteiger partial charge is 0.490 e. The van der Waals surface area contributed by atoms with Crippen LogP contribution in [-0.4, -0.2) is 37.2 Å². The van der Waals surface area contributed by atoms with Crippen LogP contribution < -0.4 is 15.4 Å². The summed E-state index contributed by atoms with van der Waals surface area (Å²) in [6.07, 6.45) is 4.16. The Morgan fingerprint density at radius 2 is 2.04 bits per heavy atom. The number of benzene rings is 1. The summed E-state index contributed by atoms with van der Waals surface area (Å²) in [5.74, 6) is 1.28. The van der Waals surface area contributed by atoms with Crippen LogP contribution in [0.25, 0.3) is 0 Å². The molecule has 24 heavy (non-hydrogen) atoms. The first-order chi connectivity index (χ1) is 11.8. The fraction of sp³-hybridized carbons (Fsp3) is 0.333. The standard InChI is InChI=1S/C18H23FN4O/c1-2-21-18(22-11-9-15-5-7-16(19)8-6-15)23-12-13-24-17-4-3-10-20-14-17/h3-8,10,14H,2,9,11-13H2,1H3,(H2,21,22,23). The molecule has 2 aromatic rings. The second-order valence-electron chi connectivity index (χ2n) is 5.10. The minimum atomic E-state index is -0.217. The van der Waals surface area contributed by atoms with Crippen molar-refractivity contribution in [3.8, 4) is 5.75 Å². The van der Waals surface area contributed by atoms with Crippen molar-refractivity contribution in [1.82, 2.24) is 15.6 Å². The Labute approximate surface area is 142 Å². The highest BCUT2D eigenvalue weighted by molar-refractivity contribution is 5.79. The van der Waals surface area contributed by atoms with Crippen LogP contribution in [0.4, 0.5) is 4.39 Å². The highest BCUT2D eigenvalue weighted by atomic mass is 19.1. The lowest BCUT2D eigenvalue weighted by molar-refractivity contribution is 0.320. The third-order valence-corrected chi connectivity index (χ3v) is 3.23. The highest BCUT2D eigenvalue weighted by Crippen LogP contribution is 2.05. The van der Waals surface area contributed by atoms with E-state index in [9.17, 15) is 4.39 Å². The maximum absolute atomic E-state index is 12.9. The molecule has 0 bridgehead atoms. The van der Waals surface area contributed by atoms with E-state index in [1.54, 1.807) is 24.5 Å². The summed E-state index contributed by atoms with van der Waals surface area (Å²) in [4.78, 5) is 8.51. The molecule has 0 aliphatic heterocycles. The van der Waals surface area contributed by atoms with Gasteiger partial charge in [-0.3, -0.25) is 9.98 Å². The number of hydrogen-bond donors (Lipinski definition) is 2. The number of hydrogen-bond acceptors (Lipinski definition) is 3. The average Bonchev–Trinajstić information content (AvgIpc) is 2.61. The molecular weight excluding hydrogens is 307 g/mol. The van der Waals surface area contributed by atoms with E-state index in [4.69, 9.17) is 4.74 Å². The van der Waals surface area contributed by atoms with E-state index in [2.05, 4.69) is 20.6 Å². The third-order valence-electron chi connectivity index (χ3n) is 3.23. The minimum Gasteiger partial charge on any atom is -0.490 e. The summed E-state index contributed by atoms with van der Waals surface area (Å²) < 4.78 is 18.4. The van der Waals surface area contributed by atoms with E-state index in [-0.39, 0.29) is 5.82 Å². The topological polar surface area (TPSA) is 58.5 Å². The molecule has 0 atom stereocenters. The van der Waals surface area contributed by atoms with Gasteiger partial charge in [0.05, 0.1) is 12.7 Å². The molecule has 0 aliphatic carbocycles. The summed E-state index contributed by atoms with van der Waals surface area (Å²) in [6.45, 7) is 4.59. The molecule has 0 amide bonds. The van der Waals surface area contributed by atoms with Crippen LogP contribution >= 0.6 is 0 Å². The lowest BCUT2D eigenvalue weighted by Crippen LogP contribution is -2.39. The second kappa shape index (κ2) is 10.2. The van der Waals surface area contributed by atoms with Crippen molar-refractivity contribution in [3.05, 3.63) is 60.2 Å². The Kier molecular flexibility index (Phi) is 7.53. The zero-order valence-electron chi connectivity index (χ0n) is 13.8. The number of aliphatic imine (C=N–C) groups is 1. The summed E-state index contributed by atoms with van der Waals surface area (Å²) in [5, 5.41) is 6.41. The molecule has 0 fully saturated rings. The van der Waals surface area contributed by atoms with E-state index < -0.39 is 0 Å². The van der Waals surface area contributed by atoms with E-state index in [1.807, 2.05) is 19.1 Å². The summed E-state index contributed by atoms with van der Waals surface area (Å²) in [5.41, 5.74) is 1.07. The van der Waals surface area contributed by atoms with E-state index in [0.29, 0.717) is 19.7 Å². The van der Waals surface area contributed by atoms with Crippen LogP contribution in [0.3, 0.4) is 0 Å². The van der Waals surface area contributed by atoms with Crippen molar-refractivity contribution in [3.63, 3.8) is 0 Å². The number of nitrogens with one attached hydrogen (secondary N) is 2. The van der Waals surface area contributed by atoms with Gasteiger partial charge in [0.25, 0.3) is 0 Å². The van der Waals surface area contributed by atoms with Crippen LogP contribution in [0.15, 0.2) is 53.8 Å². The maximum Gasteiger partial charge on any atom is 0.191 e. The lowest BCUT2D eigenvalue weighted by Gasteiger charge is -2.12. The van der Waals surface area contributed by atoms with Crippen LogP contribution in [0.5, 0.6) is 5.75 Å².